The fourth-order valence-electron chi connectivity index (χ4n) is 2.98. The van der Waals surface area contributed by atoms with E-state index in [4.69, 9.17) is 0 Å². The van der Waals surface area contributed by atoms with Crippen LogP contribution in [0.3, 0.4) is 0 Å². The molecule has 0 fully saturated rings. The average Bonchev–Trinajstić information content (AvgIpc) is 3.12. The molecule has 31 heavy (non-hydrogen) atoms. The van der Waals surface area contributed by atoms with Crippen LogP contribution in [0.4, 0.5) is 10.8 Å². The van der Waals surface area contributed by atoms with Crippen LogP contribution in [0.25, 0.3) is 0 Å². The second kappa shape index (κ2) is 9.62. The topological polar surface area (TPSA) is 84.0 Å². The lowest BCUT2D eigenvalue weighted by atomic mass is 9.87. The van der Waals surface area contributed by atoms with E-state index in [1.807, 2.05) is 50.2 Å². The van der Waals surface area contributed by atoms with Gasteiger partial charge >= 0.3 is 0 Å². The fourth-order valence-corrected chi connectivity index (χ4v) is 4.53. The van der Waals surface area contributed by atoms with E-state index in [-0.39, 0.29) is 23.0 Å². The first-order chi connectivity index (χ1) is 14.6. The Labute approximate surface area is 190 Å². The van der Waals surface area contributed by atoms with Gasteiger partial charge in [-0.05, 0) is 60.2 Å². The number of nitrogens with one attached hydrogen (secondary N) is 2. The molecule has 2 aromatic carbocycles. The SMILES string of the molecule is Cc1cc(C)cc(NC(=O)CSc2nnc(NC(=O)c3ccc(C(C)(C)C)cc3)s2)c1. The van der Waals surface area contributed by atoms with Crippen molar-refractivity contribution in [3.8, 4) is 0 Å². The van der Waals surface area contributed by atoms with E-state index in [1.54, 1.807) is 0 Å². The Morgan fingerprint density at radius 1 is 0.968 bits per heavy atom. The standard InChI is InChI=1S/C23H26N4O2S2/c1-14-10-15(2)12-18(11-14)24-19(28)13-30-22-27-26-21(31-22)25-20(29)16-6-8-17(9-7-16)23(3,4)5/h6-12H,13H2,1-5H3,(H,24,28)(H,25,26,29). The number of benzene rings is 2. The summed E-state index contributed by atoms with van der Waals surface area (Å²) in [4.78, 5) is 24.7. The summed E-state index contributed by atoms with van der Waals surface area (Å²) in [5, 5.41) is 14.1. The lowest BCUT2D eigenvalue weighted by Gasteiger charge is -2.18. The molecular weight excluding hydrogens is 428 g/mol. The molecule has 0 saturated heterocycles. The van der Waals surface area contributed by atoms with E-state index >= 15 is 0 Å². The Kier molecular flexibility index (Phi) is 7.12. The zero-order valence-electron chi connectivity index (χ0n) is 18.3. The zero-order valence-corrected chi connectivity index (χ0v) is 19.9. The Morgan fingerprint density at radius 2 is 1.61 bits per heavy atom. The number of anilines is 2. The lowest BCUT2D eigenvalue weighted by molar-refractivity contribution is -0.113. The Bertz CT molecular complexity index is 1070. The maximum atomic E-state index is 12.5. The molecule has 3 rings (SSSR count). The van der Waals surface area contributed by atoms with Gasteiger partial charge < -0.3 is 5.32 Å². The number of carbonyl (C=O) groups excluding carboxylic acids is 2. The Hall–Kier alpha value is -2.71. The van der Waals surface area contributed by atoms with E-state index in [2.05, 4.69) is 47.7 Å². The third-order valence-electron chi connectivity index (χ3n) is 4.47. The van der Waals surface area contributed by atoms with Gasteiger partial charge in [0.05, 0.1) is 5.75 Å². The molecule has 0 bridgehead atoms. The number of hydrogen-bond acceptors (Lipinski definition) is 6. The fraction of sp³-hybridized carbons (Fsp3) is 0.304. The van der Waals surface area contributed by atoms with Gasteiger partial charge in [-0.1, -0.05) is 62.1 Å². The third-order valence-corrected chi connectivity index (χ3v) is 6.44. The summed E-state index contributed by atoms with van der Waals surface area (Å²) in [7, 11) is 0. The van der Waals surface area contributed by atoms with Crippen LogP contribution in [0.15, 0.2) is 46.8 Å². The quantitative estimate of drug-likeness (QED) is 0.383. The predicted molar refractivity (Wildman–Crippen MR) is 128 cm³/mol. The van der Waals surface area contributed by atoms with Crippen LogP contribution in [0, 0.1) is 13.8 Å². The van der Waals surface area contributed by atoms with E-state index in [0.29, 0.717) is 15.0 Å². The highest BCUT2D eigenvalue weighted by molar-refractivity contribution is 8.01. The van der Waals surface area contributed by atoms with Crippen LogP contribution in [0.5, 0.6) is 0 Å². The number of carbonyl (C=O) groups is 2. The molecule has 162 valence electrons. The molecular formula is C23H26N4O2S2. The molecule has 0 radical (unpaired) electrons. The van der Waals surface area contributed by atoms with Crippen molar-refractivity contribution in [3.63, 3.8) is 0 Å². The monoisotopic (exact) mass is 454 g/mol. The number of aromatic nitrogens is 2. The van der Waals surface area contributed by atoms with Crippen molar-refractivity contribution >= 4 is 45.7 Å². The Balaban J connectivity index is 1.53. The van der Waals surface area contributed by atoms with Gasteiger partial charge in [-0.15, -0.1) is 10.2 Å². The van der Waals surface area contributed by atoms with Crippen molar-refractivity contribution in [1.82, 2.24) is 10.2 Å². The van der Waals surface area contributed by atoms with E-state index in [1.165, 1.54) is 23.1 Å². The maximum Gasteiger partial charge on any atom is 0.257 e. The van der Waals surface area contributed by atoms with Crippen molar-refractivity contribution in [2.45, 2.75) is 44.4 Å². The molecule has 3 aromatic rings. The van der Waals surface area contributed by atoms with Crippen molar-refractivity contribution in [3.05, 3.63) is 64.7 Å². The zero-order chi connectivity index (χ0) is 22.6. The number of thioether (sulfide) groups is 1. The second-order valence-electron chi connectivity index (χ2n) is 8.37. The minimum absolute atomic E-state index is 0.0326. The molecule has 0 aliphatic rings. The lowest BCUT2D eigenvalue weighted by Crippen LogP contribution is -2.14. The van der Waals surface area contributed by atoms with Crippen LogP contribution in [-0.4, -0.2) is 27.8 Å². The summed E-state index contributed by atoms with van der Waals surface area (Å²) in [5.41, 5.74) is 4.74. The van der Waals surface area contributed by atoms with Gasteiger partial charge in [0.15, 0.2) is 4.34 Å². The molecule has 8 heteroatoms. The highest BCUT2D eigenvalue weighted by Crippen LogP contribution is 2.27. The molecule has 0 atom stereocenters. The number of aryl methyl sites for hydroxylation is 2. The minimum atomic E-state index is -0.235. The van der Waals surface area contributed by atoms with Crippen molar-refractivity contribution < 1.29 is 9.59 Å². The summed E-state index contributed by atoms with van der Waals surface area (Å²) >= 11 is 2.53. The molecule has 0 saturated carbocycles. The normalized spacial score (nSPS) is 11.3. The summed E-state index contributed by atoms with van der Waals surface area (Å²) in [5.74, 6) is -0.139. The van der Waals surface area contributed by atoms with Gasteiger partial charge in [0, 0.05) is 11.3 Å². The van der Waals surface area contributed by atoms with Gasteiger partial charge in [-0.3, -0.25) is 14.9 Å². The summed E-state index contributed by atoms with van der Waals surface area (Å²) in [6.45, 7) is 10.4. The molecule has 0 aliphatic carbocycles. The molecule has 6 nitrogen and oxygen atoms in total. The summed E-state index contributed by atoms with van der Waals surface area (Å²) < 4.78 is 0.619. The average molecular weight is 455 g/mol. The largest absolute Gasteiger partial charge is 0.325 e. The van der Waals surface area contributed by atoms with Crippen LogP contribution in [0.2, 0.25) is 0 Å². The van der Waals surface area contributed by atoms with Gasteiger partial charge in [0.2, 0.25) is 11.0 Å². The summed E-state index contributed by atoms with van der Waals surface area (Å²) in [6, 6.07) is 13.5. The highest BCUT2D eigenvalue weighted by atomic mass is 32.2. The van der Waals surface area contributed by atoms with Crippen LogP contribution in [0.1, 0.15) is 47.8 Å². The first-order valence-corrected chi connectivity index (χ1v) is 11.7. The molecule has 0 spiro atoms. The van der Waals surface area contributed by atoms with Crippen LogP contribution in [-0.2, 0) is 10.2 Å². The molecule has 0 aliphatic heterocycles. The number of hydrogen-bond donors (Lipinski definition) is 2. The van der Waals surface area contributed by atoms with E-state index in [9.17, 15) is 9.59 Å². The first-order valence-electron chi connectivity index (χ1n) is 9.86. The minimum Gasteiger partial charge on any atom is -0.325 e. The second-order valence-corrected chi connectivity index (χ2v) is 10.6. The summed E-state index contributed by atoms with van der Waals surface area (Å²) in [6.07, 6.45) is 0. The van der Waals surface area contributed by atoms with Crippen molar-refractivity contribution in [1.29, 1.82) is 0 Å². The van der Waals surface area contributed by atoms with Gasteiger partial charge in [0.1, 0.15) is 0 Å². The molecule has 2 N–H and O–H groups in total. The number of rotatable bonds is 6. The number of amides is 2. The van der Waals surface area contributed by atoms with Crippen LogP contribution >= 0.6 is 23.1 Å². The smallest absolute Gasteiger partial charge is 0.257 e. The molecule has 0 unspecified atom stereocenters. The number of nitrogens with zero attached hydrogens (tertiary/aromatic N) is 2. The van der Waals surface area contributed by atoms with Crippen molar-refractivity contribution in [2.24, 2.45) is 0 Å². The van der Waals surface area contributed by atoms with E-state index < -0.39 is 0 Å². The van der Waals surface area contributed by atoms with E-state index in [0.717, 1.165) is 22.4 Å². The third kappa shape index (κ3) is 6.63. The molecule has 1 heterocycles. The van der Waals surface area contributed by atoms with Gasteiger partial charge in [-0.25, -0.2) is 0 Å². The predicted octanol–water partition coefficient (Wildman–Crippen LogP) is 5.44. The van der Waals surface area contributed by atoms with Gasteiger partial charge in [0.25, 0.3) is 5.91 Å². The van der Waals surface area contributed by atoms with Crippen molar-refractivity contribution in [2.75, 3.05) is 16.4 Å². The van der Waals surface area contributed by atoms with Gasteiger partial charge in [-0.2, -0.15) is 0 Å². The highest BCUT2D eigenvalue weighted by Gasteiger charge is 2.15. The van der Waals surface area contributed by atoms with Crippen LogP contribution < -0.4 is 10.6 Å². The maximum absolute atomic E-state index is 12.5. The molecule has 1 aromatic heterocycles. The molecule has 2 amide bonds. The Morgan fingerprint density at radius 3 is 2.23 bits per heavy atom. The first kappa shape index (κ1) is 23.0.